The monoisotopic (exact) mass is 482 g/mol. The summed E-state index contributed by atoms with van der Waals surface area (Å²) in [6.45, 7) is 9.30. The molecule has 0 saturated carbocycles. The van der Waals surface area contributed by atoms with Crippen LogP contribution in [0.3, 0.4) is 0 Å². The molecule has 1 N–H and O–H groups in total. The molecule has 9 nitrogen and oxygen atoms in total. The Morgan fingerprint density at radius 2 is 1.77 bits per heavy atom. The third-order valence-electron chi connectivity index (χ3n) is 7.47. The highest BCUT2D eigenvalue weighted by molar-refractivity contribution is 5.80. The van der Waals surface area contributed by atoms with Crippen LogP contribution in [0.4, 0.5) is 10.6 Å². The summed E-state index contributed by atoms with van der Waals surface area (Å²) in [5, 5.41) is 0. The van der Waals surface area contributed by atoms with Crippen LogP contribution in [-0.2, 0) is 9.53 Å². The summed E-state index contributed by atoms with van der Waals surface area (Å²) in [4.78, 5) is 44.6. The number of likely N-dealkylation sites (tertiary alicyclic amines) is 2. The van der Waals surface area contributed by atoms with E-state index in [1.807, 2.05) is 30.9 Å². The standard InChI is InChI=1S/C26H38N6O3/c1-18(2)17-35-26(34)32-14-5-7-19(15-32)23-27-21-9-10-22(28-24(21)29-23)31-13-6-8-20(16-31)25(33)30-11-3-4-12-30/h9-10,18-20H,3-8,11-17H2,1-2H3,(H,27,28,29)/t19-,20?/m1/s1. The zero-order valence-electron chi connectivity index (χ0n) is 21.0. The first kappa shape index (κ1) is 23.9. The lowest BCUT2D eigenvalue weighted by molar-refractivity contribution is -0.134. The number of anilines is 1. The fraction of sp³-hybridized carbons (Fsp3) is 0.692. The number of aromatic nitrogens is 3. The van der Waals surface area contributed by atoms with Crippen molar-refractivity contribution < 1.29 is 14.3 Å². The van der Waals surface area contributed by atoms with E-state index in [-0.39, 0.29) is 17.9 Å². The van der Waals surface area contributed by atoms with Gasteiger partial charge in [0.05, 0.1) is 18.0 Å². The molecule has 5 heterocycles. The van der Waals surface area contributed by atoms with Gasteiger partial charge in [-0.3, -0.25) is 4.79 Å². The van der Waals surface area contributed by atoms with Gasteiger partial charge in [0.1, 0.15) is 11.6 Å². The number of carbonyl (C=O) groups excluding carboxylic acids is 2. The normalized spacial score (nSPS) is 23.3. The van der Waals surface area contributed by atoms with Crippen LogP contribution in [0.2, 0.25) is 0 Å². The Morgan fingerprint density at radius 3 is 2.57 bits per heavy atom. The Morgan fingerprint density at radius 1 is 1.00 bits per heavy atom. The van der Waals surface area contributed by atoms with Gasteiger partial charge in [0.15, 0.2) is 5.65 Å². The Balaban J connectivity index is 1.26. The number of carbonyl (C=O) groups is 2. The minimum atomic E-state index is -0.233. The highest BCUT2D eigenvalue weighted by Gasteiger charge is 2.32. The van der Waals surface area contributed by atoms with Crippen LogP contribution in [0, 0.1) is 11.8 Å². The molecule has 2 aromatic rings. The molecule has 0 aliphatic carbocycles. The van der Waals surface area contributed by atoms with E-state index in [1.54, 1.807) is 4.90 Å². The lowest BCUT2D eigenvalue weighted by atomic mass is 9.96. The van der Waals surface area contributed by atoms with Crippen molar-refractivity contribution in [2.24, 2.45) is 11.8 Å². The van der Waals surface area contributed by atoms with Crippen molar-refractivity contribution in [3.63, 3.8) is 0 Å². The molecule has 1 unspecified atom stereocenters. The number of nitrogens with zero attached hydrogens (tertiary/aromatic N) is 5. The fourth-order valence-corrected chi connectivity index (χ4v) is 5.55. The van der Waals surface area contributed by atoms with Crippen LogP contribution in [0.25, 0.3) is 11.2 Å². The Kier molecular flexibility index (Phi) is 7.11. The first-order chi connectivity index (χ1) is 17.0. The van der Waals surface area contributed by atoms with E-state index in [1.165, 1.54) is 0 Å². The maximum absolute atomic E-state index is 12.9. The Bertz CT molecular complexity index is 1050. The van der Waals surface area contributed by atoms with Gasteiger partial charge in [-0.05, 0) is 56.6 Å². The molecule has 2 amide bonds. The summed E-state index contributed by atoms with van der Waals surface area (Å²) in [5.74, 6) is 2.60. The molecule has 0 bridgehead atoms. The van der Waals surface area contributed by atoms with E-state index < -0.39 is 0 Å². The molecule has 0 aromatic carbocycles. The highest BCUT2D eigenvalue weighted by atomic mass is 16.6. The lowest BCUT2D eigenvalue weighted by Crippen LogP contribution is -2.44. The SMILES string of the molecule is CC(C)COC(=O)N1CCC[C@@H](c2nc3nc(N4CCCC(C(=O)N5CCCC5)C4)ccc3[nH]2)C1. The van der Waals surface area contributed by atoms with Gasteiger partial charge < -0.3 is 24.4 Å². The third kappa shape index (κ3) is 5.38. The first-order valence-corrected chi connectivity index (χ1v) is 13.3. The topological polar surface area (TPSA) is 94.7 Å². The number of nitrogens with one attached hydrogen (secondary N) is 1. The van der Waals surface area contributed by atoms with Crippen molar-refractivity contribution in [2.75, 3.05) is 50.8 Å². The minimum absolute atomic E-state index is 0.0535. The van der Waals surface area contributed by atoms with E-state index >= 15 is 0 Å². The molecule has 3 aliphatic heterocycles. The zero-order chi connectivity index (χ0) is 24.4. The molecule has 9 heteroatoms. The minimum Gasteiger partial charge on any atom is -0.449 e. The summed E-state index contributed by atoms with van der Waals surface area (Å²) < 4.78 is 5.44. The first-order valence-electron chi connectivity index (χ1n) is 13.3. The number of rotatable bonds is 5. The van der Waals surface area contributed by atoms with E-state index in [0.29, 0.717) is 30.6 Å². The van der Waals surface area contributed by atoms with Crippen molar-refractivity contribution in [1.29, 1.82) is 0 Å². The second kappa shape index (κ2) is 10.4. The van der Waals surface area contributed by atoms with Crippen molar-refractivity contribution in [3.05, 3.63) is 18.0 Å². The van der Waals surface area contributed by atoms with Crippen LogP contribution in [0.5, 0.6) is 0 Å². The van der Waals surface area contributed by atoms with Crippen LogP contribution in [0.15, 0.2) is 12.1 Å². The summed E-state index contributed by atoms with van der Waals surface area (Å²) in [6.07, 6.45) is 5.88. The summed E-state index contributed by atoms with van der Waals surface area (Å²) >= 11 is 0. The van der Waals surface area contributed by atoms with Gasteiger partial charge >= 0.3 is 6.09 Å². The Labute approximate surface area is 207 Å². The highest BCUT2D eigenvalue weighted by Crippen LogP contribution is 2.29. The number of fused-ring (bicyclic) bond motifs is 1. The molecule has 0 radical (unpaired) electrons. The maximum atomic E-state index is 12.9. The molecular weight excluding hydrogens is 444 g/mol. The largest absolute Gasteiger partial charge is 0.449 e. The number of hydrogen-bond acceptors (Lipinski definition) is 6. The van der Waals surface area contributed by atoms with Crippen LogP contribution < -0.4 is 4.90 Å². The van der Waals surface area contributed by atoms with E-state index in [2.05, 4.69) is 9.88 Å². The fourth-order valence-electron chi connectivity index (χ4n) is 5.55. The second-order valence-corrected chi connectivity index (χ2v) is 10.7. The molecule has 2 atom stereocenters. The number of amides is 2. The molecular formula is C26H38N6O3. The number of pyridine rings is 1. The average molecular weight is 483 g/mol. The second-order valence-electron chi connectivity index (χ2n) is 10.7. The molecule has 2 aromatic heterocycles. The van der Waals surface area contributed by atoms with Gasteiger partial charge in [-0.2, -0.15) is 0 Å². The van der Waals surface area contributed by atoms with E-state index in [4.69, 9.17) is 14.7 Å². The van der Waals surface area contributed by atoms with E-state index in [0.717, 1.165) is 88.4 Å². The van der Waals surface area contributed by atoms with Crippen molar-refractivity contribution in [2.45, 2.75) is 58.3 Å². The van der Waals surface area contributed by atoms with Gasteiger partial charge in [-0.15, -0.1) is 0 Å². The quantitative estimate of drug-likeness (QED) is 0.697. The molecule has 35 heavy (non-hydrogen) atoms. The van der Waals surface area contributed by atoms with Gasteiger partial charge in [0.2, 0.25) is 5.91 Å². The number of imidazole rings is 1. The molecule has 3 fully saturated rings. The molecule has 3 saturated heterocycles. The summed E-state index contributed by atoms with van der Waals surface area (Å²) in [5.41, 5.74) is 1.61. The molecule has 190 valence electrons. The summed E-state index contributed by atoms with van der Waals surface area (Å²) in [6, 6.07) is 4.07. The average Bonchev–Trinajstić information content (AvgIpc) is 3.57. The van der Waals surface area contributed by atoms with Crippen molar-refractivity contribution in [1.82, 2.24) is 24.8 Å². The van der Waals surface area contributed by atoms with Gasteiger partial charge in [-0.1, -0.05) is 13.8 Å². The van der Waals surface area contributed by atoms with Crippen LogP contribution >= 0.6 is 0 Å². The number of hydrogen-bond donors (Lipinski definition) is 1. The number of piperidine rings is 2. The van der Waals surface area contributed by atoms with Crippen molar-refractivity contribution in [3.8, 4) is 0 Å². The molecule has 0 spiro atoms. The maximum Gasteiger partial charge on any atom is 0.409 e. The zero-order valence-corrected chi connectivity index (χ0v) is 21.0. The van der Waals surface area contributed by atoms with Crippen LogP contribution in [0.1, 0.15) is 64.1 Å². The number of aromatic amines is 1. The number of H-pyrrole nitrogens is 1. The summed E-state index contributed by atoms with van der Waals surface area (Å²) in [7, 11) is 0. The number of ether oxygens (including phenoxy) is 1. The van der Waals surface area contributed by atoms with Crippen LogP contribution in [-0.4, -0.2) is 82.6 Å². The van der Waals surface area contributed by atoms with Crippen molar-refractivity contribution >= 4 is 29.0 Å². The van der Waals surface area contributed by atoms with Gasteiger partial charge in [-0.25, -0.2) is 14.8 Å². The molecule has 5 rings (SSSR count). The van der Waals surface area contributed by atoms with Gasteiger partial charge in [0, 0.05) is 45.2 Å². The van der Waals surface area contributed by atoms with Gasteiger partial charge in [0.25, 0.3) is 0 Å². The smallest absolute Gasteiger partial charge is 0.409 e. The predicted octanol–water partition coefficient (Wildman–Crippen LogP) is 3.77. The lowest BCUT2D eigenvalue weighted by Gasteiger charge is -2.34. The molecule has 3 aliphatic rings. The van der Waals surface area contributed by atoms with E-state index in [9.17, 15) is 9.59 Å². The Hall–Kier alpha value is -2.84. The predicted molar refractivity (Wildman–Crippen MR) is 134 cm³/mol. The third-order valence-corrected chi connectivity index (χ3v) is 7.47.